The fourth-order valence-electron chi connectivity index (χ4n) is 1.53. The van der Waals surface area contributed by atoms with Crippen LogP contribution in [0.1, 0.15) is 28.5 Å². The van der Waals surface area contributed by atoms with E-state index in [0.717, 1.165) is 27.7 Å². The first-order valence-electron chi connectivity index (χ1n) is 5.40. The Kier molecular flexibility index (Phi) is 3.71. The van der Waals surface area contributed by atoms with Crippen LogP contribution in [0.5, 0.6) is 5.75 Å². The SMILES string of the molecule is COc1ccccc1Cc1nnc(C(C)N)s1. The van der Waals surface area contributed by atoms with Crippen molar-refractivity contribution in [3.8, 4) is 5.75 Å². The van der Waals surface area contributed by atoms with Crippen LogP contribution in [-0.2, 0) is 6.42 Å². The predicted octanol–water partition coefficient (Wildman–Crippen LogP) is 2.16. The van der Waals surface area contributed by atoms with E-state index in [4.69, 9.17) is 10.5 Å². The smallest absolute Gasteiger partial charge is 0.133 e. The van der Waals surface area contributed by atoms with Crippen molar-refractivity contribution in [2.24, 2.45) is 5.73 Å². The fourth-order valence-corrected chi connectivity index (χ4v) is 2.35. The summed E-state index contributed by atoms with van der Waals surface area (Å²) in [7, 11) is 1.67. The first-order chi connectivity index (χ1) is 8.20. The van der Waals surface area contributed by atoms with Gasteiger partial charge in [0.05, 0.1) is 13.2 Å². The Bertz CT molecular complexity index is 496. The van der Waals surface area contributed by atoms with Crippen LogP contribution in [0.2, 0.25) is 0 Å². The van der Waals surface area contributed by atoms with Gasteiger partial charge in [0.2, 0.25) is 0 Å². The van der Waals surface area contributed by atoms with Crippen LogP contribution >= 0.6 is 11.3 Å². The van der Waals surface area contributed by atoms with Crippen molar-refractivity contribution in [1.29, 1.82) is 0 Å². The van der Waals surface area contributed by atoms with E-state index in [1.54, 1.807) is 18.4 Å². The maximum Gasteiger partial charge on any atom is 0.133 e. The molecule has 0 bridgehead atoms. The molecule has 0 spiro atoms. The van der Waals surface area contributed by atoms with Gasteiger partial charge in [-0.15, -0.1) is 10.2 Å². The van der Waals surface area contributed by atoms with E-state index in [-0.39, 0.29) is 6.04 Å². The molecular weight excluding hydrogens is 234 g/mol. The zero-order chi connectivity index (χ0) is 12.3. The zero-order valence-corrected chi connectivity index (χ0v) is 10.7. The Morgan fingerprint density at radius 1 is 1.35 bits per heavy atom. The Morgan fingerprint density at radius 2 is 2.12 bits per heavy atom. The van der Waals surface area contributed by atoms with E-state index in [1.165, 1.54) is 0 Å². The number of benzene rings is 1. The second-order valence-electron chi connectivity index (χ2n) is 3.81. The molecule has 1 atom stereocenters. The number of rotatable bonds is 4. The fraction of sp³-hybridized carbons (Fsp3) is 0.333. The second-order valence-corrected chi connectivity index (χ2v) is 4.90. The number of hydrogen-bond donors (Lipinski definition) is 1. The first-order valence-corrected chi connectivity index (χ1v) is 6.22. The molecule has 0 saturated carbocycles. The summed E-state index contributed by atoms with van der Waals surface area (Å²) in [6, 6.07) is 7.87. The molecule has 1 unspecified atom stereocenters. The van der Waals surface area contributed by atoms with Crippen molar-refractivity contribution in [2.75, 3.05) is 7.11 Å². The lowest BCUT2D eigenvalue weighted by atomic mass is 10.1. The molecule has 17 heavy (non-hydrogen) atoms. The molecule has 1 heterocycles. The topological polar surface area (TPSA) is 61.0 Å². The van der Waals surface area contributed by atoms with Crippen LogP contribution in [0.25, 0.3) is 0 Å². The molecule has 1 aromatic heterocycles. The van der Waals surface area contributed by atoms with E-state index < -0.39 is 0 Å². The maximum absolute atomic E-state index is 5.76. The lowest BCUT2D eigenvalue weighted by molar-refractivity contribution is 0.410. The van der Waals surface area contributed by atoms with Crippen molar-refractivity contribution in [2.45, 2.75) is 19.4 Å². The highest BCUT2D eigenvalue weighted by Gasteiger charge is 2.10. The van der Waals surface area contributed by atoms with Gasteiger partial charge < -0.3 is 10.5 Å². The van der Waals surface area contributed by atoms with Crippen LogP contribution in [-0.4, -0.2) is 17.3 Å². The molecule has 0 aliphatic carbocycles. The summed E-state index contributed by atoms with van der Waals surface area (Å²) in [5, 5.41) is 10.0. The van der Waals surface area contributed by atoms with E-state index in [1.807, 2.05) is 31.2 Å². The van der Waals surface area contributed by atoms with Crippen molar-refractivity contribution in [3.63, 3.8) is 0 Å². The van der Waals surface area contributed by atoms with Gasteiger partial charge in [-0.05, 0) is 13.0 Å². The maximum atomic E-state index is 5.76. The van der Waals surface area contributed by atoms with Crippen LogP contribution in [0.15, 0.2) is 24.3 Å². The molecule has 90 valence electrons. The largest absolute Gasteiger partial charge is 0.496 e. The van der Waals surface area contributed by atoms with Crippen molar-refractivity contribution >= 4 is 11.3 Å². The number of ether oxygens (including phenoxy) is 1. The molecule has 2 rings (SSSR count). The Hall–Kier alpha value is -1.46. The average molecular weight is 249 g/mol. The number of para-hydroxylation sites is 1. The summed E-state index contributed by atoms with van der Waals surface area (Å²) in [5.41, 5.74) is 6.87. The molecule has 2 N–H and O–H groups in total. The third-order valence-corrected chi connectivity index (χ3v) is 3.53. The molecule has 0 fully saturated rings. The summed E-state index contributed by atoms with van der Waals surface area (Å²) in [6.45, 7) is 1.91. The Morgan fingerprint density at radius 3 is 2.76 bits per heavy atom. The minimum atomic E-state index is -0.0566. The molecule has 0 amide bonds. The summed E-state index contributed by atoms with van der Waals surface area (Å²) in [5.74, 6) is 0.880. The monoisotopic (exact) mass is 249 g/mol. The van der Waals surface area contributed by atoms with Gasteiger partial charge in [0.1, 0.15) is 15.8 Å². The van der Waals surface area contributed by atoms with E-state index in [2.05, 4.69) is 10.2 Å². The van der Waals surface area contributed by atoms with Crippen molar-refractivity contribution in [1.82, 2.24) is 10.2 Å². The van der Waals surface area contributed by atoms with Gasteiger partial charge >= 0.3 is 0 Å². The highest BCUT2D eigenvalue weighted by molar-refractivity contribution is 7.11. The van der Waals surface area contributed by atoms with Crippen molar-refractivity contribution < 1.29 is 4.74 Å². The van der Waals surface area contributed by atoms with Crippen LogP contribution in [0.3, 0.4) is 0 Å². The molecule has 0 radical (unpaired) electrons. The van der Waals surface area contributed by atoms with Gasteiger partial charge in [0, 0.05) is 12.0 Å². The molecule has 4 nitrogen and oxygen atoms in total. The standard InChI is InChI=1S/C12H15N3OS/c1-8(13)12-15-14-11(17-12)7-9-5-3-4-6-10(9)16-2/h3-6,8H,7,13H2,1-2H3. The highest BCUT2D eigenvalue weighted by atomic mass is 32.1. The van der Waals surface area contributed by atoms with Gasteiger partial charge in [0.15, 0.2) is 0 Å². The molecule has 1 aromatic carbocycles. The third kappa shape index (κ3) is 2.81. The summed E-state index contributed by atoms with van der Waals surface area (Å²) < 4.78 is 5.30. The summed E-state index contributed by atoms with van der Waals surface area (Å²) in [4.78, 5) is 0. The average Bonchev–Trinajstić information content (AvgIpc) is 2.78. The molecular formula is C12H15N3OS. The molecule has 5 heteroatoms. The third-order valence-electron chi connectivity index (χ3n) is 2.41. The number of aromatic nitrogens is 2. The molecule has 2 aromatic rings. The summed E-state index contributed by atoms with van der Waals surface area (Å²) in [6.07, 6.45) is 0.731. The van der Waals surface area contributed by atoms with Gasteiger partial charge in [-0.3, -0.25) is 0 Å². The van der Waals surface area contributed by atoms with E-state index in [0.29, 0.717) is 0 Å². The number of methoxy groups -OCH3 is 1. The van der Waals surface area contributed by atoms with Gasteiger partial charge in [-0.1, -0.05) is 29.5 Å². The number of nitrogens with two attached hydrogens (primary N) is 1. The normalized spacial score (nSPS) is 12.4. The van der Waals surface area contributed by atoms with Gasteiger partial charge in [0.25, 0.3) is 0 Å². The number of nitrogens with zero attached hydrogens (tertiary/aromatic N) is 2. The van der Waals surface area contributed by atoms with Crippen LogP contribution < -0.4 is 10.5 Å². The Labute approximate surface area is 104 Å². The zero-order valence-electron chi connectivity index (χ0n) is 9.88. The summed E-state index contributed by atoms with van der Waals surface area (Å²) >= 11 is 1.55. The van der Waals surface area contributed by atoms with Crippen LogP contribution in [0.4, 0.5) is 0 Å². The molecule has 0 aliphatic heterocycles. The van der Waals surface area contributed by atoms with Crippen LogP contribution in [0, 0.1) is 0 Å². The lowest BCUT2D eigenvalue weighted by Gasteiger charge is -2.05. The van der Waals surface area contributed by atoms with E-state index in [9.17, 15) is 0 Å². The highest BCUT2D eigenvalue weighted by Crippen LogP contribution is 2.23. The van der Waals surface area contributed by atoms with Gasteiger partial charge in [-0.25, -0.2) is 0 Å². The lowest BCUT2D eigenvalue weighted by Crippen LogP contribution is -2.03. The second kappa shape index (κ2) is 5.25. The van der Waals surface area contributed by atoms with Crippen molar-refractivity contribution in [3.05, 3.63) is 39.8 Å². The Balaban J connectivity index is 2.19. The first kappa shape index (κ1) is 12.0. The molecule has 0 aliphatic rings. The molecule has 0 saturated heterocycles. The minimum Gasteiger partial charge on any atom is -0.496 e. The predicted molar refractivity (Wildman–Crippen MR) is 68.3 cm³/mol. The quantitative estimate of drug-likeness (QED) is 0.902. The van der Waals surface area contributed by atoms with E-state index >= 15 is 0 Å². The number of hydrogen-bond acceptors (Lipinski definition) is 5. The minimum absolute atomic E-state index is 0.0566. The van der Waals surface area contributed by atoms with Gasteiger partial charge in [-0.2, -0.15) is 0 Å².